The zero-order valence-electron chi connectivity index (χ0n) is 9.25. The number of nitrogens with zero attached hydrogens (tertiary/aromatic N) is 4. The van der Waals surface area contributed by atoms with E-state index in [1.54, 1.807) is 10.9 Å². The molecule has 1 fully saturated rings. The molecule has 6 heteroatoms. The van der Waals surface area contributed by atoms with Gasteiger partial charge in [0.25, 0.3) is 0 Å². The molecule has 1 atom stereocenters. The molecule has 0 spiro atoms. The molecule has 2 rings (SSSR count). The molecule has 0 radical (unpaired) electrons. The van der Waals surface area contributed by atoms with E-state index in [4.69, 9.17) is 5.73 Å². The Balaban J connectivity index is 1.75. The van der Waals surface area contributed by atoms with Gasteiger partial charge < -0.3 is 10.6 Å². The largest absolute Gasteiger partial charge is 0.341 e. The number of likely N-dealkylation sites (tertiary alicyclic amines) is 1. The third-order valence-corrected chi connectivity index (χ3v) is 2.86. The molecular weight excluding hydrogens is 206 g/mol. The van der Waals surface area contributed by atoms with E-state index in [0.717, 1.165) is 38.9 Å². The predicted molar refractivity (Wildman–Crippen MR) is 58.4 cm³/mol. The highest BCUT2D eigenvalue weighted by molar-refractivity contribution is 5.82. The summed E-state index contributed by atoms with van der Waals surface area (Å²) in [6.45, 7) is 2.38. The van der Waals surface area contributed by atoms with Gasteiger partial charge in [-0.1, -0.05) is 5.21 Å². The summed E-state index contributed by atoms with van der Waals surface area (Å²) in [7, 11) is 0. The SMILES string of the molecule is NC1CCCN(CCCn2ccnn2)C1=O. The Hall–Kier alpha value is -1.43. The molecule has 0 bridgehead atoms. The maximum atomic E-state index is 11.7. The molecule has 1 saturated heterocycles. The summed E-state index contributed by atoms with van der Waals surface area (Å²) in [4.78, 5) is 13.5. The zero-order chi connectivity index (χ0) is 11.4. The highest BCUT2D eigenvalue weighted by Gasteiger charge is 2.24. The Morgan fingerprint density at radius 2 is 2.38 bits per heavy atom. The van der Waals surface area contributed by atoms with E-state index in [1.807, 2.05) is 11.1 Å². The second-order valence-corrected chi connectivity index (χ2v) is 4.09. The summed E-state index contributed by atoms with van der Waals surface area (Å²) in [5.74, 6) is 0.0878. The van der Waals surface area contributed by atoms with Crippen LogP contribution in [0.2, 0.25) is 0 Å². The average Bonchev–Trinajstić information content (AvgIpc) is 2.77. The number of rotatable bonds is 4. The number of hydrogen-bond acceptors (Lipinski definition) is 4. The van der Waals surface area contributed by atoms with Gasteiger partial charge in [0.05, 0.1) is 12.2 Å². The lowest BCUT2D eigenvalue weighted by Gasteiger charge is -2.30. The van der Waals surface area contributed by atoms with Crippen molar-refractivity contribution in [3.05, 3.63) is 12.4 Å². The van der Waals surface area contributed by atoms with Gasteiger partial charge >= 0.3 is 0 Å². The van der Waals surface area contributed by atoms with E-state index in [-0.39, 0.29) is 11.9 Å². The first-order valence-corrected chi connectivity index (χ1v) is 5.66. The minimum Gasteiger partial charge on any atom is -0.341 e. The fraction of sp³-hybridized carbons (Fsp3) is 0.700. The van der Waals surface area contributed by atoms with Crippen molar-refractivity contribution in [1.29, 1.82) is 0 Å². The molecule has 1 aromatic heterocycles. The average molecular weight is 223 g/mol. The Morgan fingerprint density at radius 3 is 3.12 bits per heavy atom. The molecule has 1 unspecified atom stereocenters. The van der Waals surface area contributed by atoms with Crippen LogP contribution in [-0.4, -0.2) is 44.9 Å². The molecule has 0 aliphatic carbocycles. The van der Waals surface area contributed by atoms with E-state index >= 15 is 0 Å². The number of carbonyl (C=O) groups is 1. The fourth-order valence-corrected chi connectivity index (χ4v) is 1.97. The van der Waals surface area contributed by atoms with E-state index in [9.17, 15) is 4.79 Å². The number of nitrogens with two attached hydrogens (primary N) is 1. The van der Waals surface area contributed by atoms with Crippen LogP contribution in [0.5, 0.6) is 0 Å². The van der Waals surface area contributed by atoms with Crippen LogP contribution in [0, 0.1) is 0 Å². The van der Waals surface area contributed by atoms with Crippen LogP contribution in [0.15, 0.2) is 12.4 Å². The highest BCUT2D eigenvalue weighted by Crippen LogP contribution is 2.10. The molecule has 88 valence electrons. The van der Waals surface area contributed by atoms with Gasteiger partial charge in [0.1, 0.15) is 0 Å². The third-order valence-electron chi connectivity index (χ3n) is 2.86. The molecule has 1 aromatic rings. The third kappa shape index (κ3) is 2.57. The maximum Gasteiger partial charge on any atom is 0.239 e. The van der Waals surface area contributed by atoms with E-state index in [1.165, 1.54) is 0 Å². The number of piperidine rings is 1. The first kappa shape index (κ1) is 11.1. The van der Waals surface area contributed by atoms with Gasteiger partial charge in [0, 0.05) is 25.8 Å². The van der Waals surface area contributed by atoms with Gasteiger partial charge in [0.15, 0.2) is 0 Å². The van der Waals surface area contributed by atoms with Crippen molar-refractivity contribution in [3.63, 3.8) is 0 Å². The molecule has 2 heterocycles. The van der Waals surface area contributed by atoms with Crippen molar-refractivity contribution in [2.45, 2.75) is 31.8 Å². The van der Waals surface area contributed by atoms with E-state index in [0.29, 0.717) is 0 Å². The molecule has 1 aliphatic heterocycles. The second-order valence-electron chi connectivity index (χ2n) is 4.09. The Labute approximate surface area is 94.4 Å². The minimum absolute atomic E-state index is 0.0878. The monoisotopic (exact) mass is 223 g/mol. The number of aromatic nitrogens is 3. The topological polar surface area (TPSA) is 77.0 Å². The molecular formula is C10H17N5O. The van der Waals surface area contributed by atoms with Crippen molar-refractivity contribution in [2.75, 3.05) is 13.1 Å². The zero-order valence-corrected chi connectivity index (χ0v) is 9.25. The molecule has 2 N–H and O–H groups in total. The highest BCUT2D eigenvalue weighted by atomic mass is 16.2. The minimum atomic E-state index is -0.292. The molecule has 1 aliphatic rings. The number of hydrogen-bond donors (Lipinski definition) is 1. The van der Waals surface area contributed by atoms with Crippen LogP contribution in [0.3, 0.4) is 0 Å². The summed E-state index contributed by atoms with van der Waals surface area (Å²) in [5.41, 5.74) is 5.72. The van der Waals surface area contributed by atoms with Gasteiger partial charge in [-0.25, -0.2) is 0 Å². The summed E-state index contributed by atoms with van der Waals surface area (Å²) in [6.07, 6.45) is 6.20. The van der Waals surface area contributed by atoms with Crippen LogP contribution in [-0.2, 0) is 11.3 Å². The number of aryl methyl sites for hydroxylation is 1. The smallest absolute Gasteiger partial charge is 0.239 e. The van der Waals surface area contributed by atoms with Crippen molar-refractivity contribution < 1.29 is 4.79 Å². The first-order valence-electron chi connectivity index (χ1n) is 5.66. The van der Waals surface area contributed by atoms with E-state index < -0.39 is 0 Å². The number of amides is 1. The van der Waals surface area contributed by atoms with Gasteiger partial charge in [0.2, 0.25) is 5.91 Å². The lowest BCUT2D eigenvalue weighted by Crippen LogP contribution is -2.48. The standard InChI is InChI=1S/C10H17N5O/c11-9-3-1-5-14(10(9)16)6-2-7-15-8-4-12-13-15/h4,8-9H,1-3,5-7,11H2. The second kappa shape index (κ2) is 5.07. The van der Waals surface area contributed by atoms with Crippen molar-refractivity contribution in [1.82, 2.24) is 19.9 Å². The van der Waals surface area contributed by atoms with Crippen LogP contribution >= 0.6 is 0 Å². The summed E-state index contributed by atoms with van der Waals surface area (Å²) in [6, 6.07) is -0.292. The predicted octanol–water partition coefficient (Wildman–Crippen LogP) is -0.382. The molecule has 0 aromatic carbocycles. The fourth-order valence-electron chi connectivity index (χ4n) is 1.97. The molecule has 6 nitrogen and oxygen atoms in total. The Kier molecular flexibility index (Phi) is 3.51. The van der Waals surface area contributed by atoms with E-state index in [2.05, 4.69) is 10.3 Å². The number of carbonyl (C=O) groups excluding carboxylic acids is 1. The lowest BCUT2D eigenvalue weighted by molar-refractivity contribution is -0.135. The quantitative estimate of drug-likeness (QED) is 0.754. The lowest BCUT2D eigenvalue weighted by atomic mass is 10.1. The van der Waals surface area contributed by atoms with Gasteiger partial charge in [-0.05, 0) is 19.3 Å². The normalized spacial score (nSPS) is 21.4. The molecule has 0 saturated carbocycles. The van der Waals surface area contributed by atoms with Crippen molar-refractivity contribution in [2.24, 2.45) is 5.73 Å². The molecule has 16 heavy (non-hydrogen) atoms. The Morgan fingerprint density at radius 1 is 1.50 bits per heavy atom. The first-order chi connectivity index (χ1) is 7.77. The van der Waals surface area contributed by atoms with Crippen LogP contribution in [0.1, 0.15) is 19.3 Å². The Bertz CT molecular complexity index is 337. The maximum absolute atomic E-state index is 11.7. The molecule has 1 amide bonds. The van der Waals surface area contributed by atoms with Crippen LogP contribution in [0.4, 0.5) is 0 Å². The van der Waals surface area contributed by atoms with Gasteiger partial charge in [-0.15, -0.1) is 5.10 Å². The summed E-state index contributed by atoms with van der Waals surface area (Å²) < 4.78 is 1.77. The van der Waals surface area contributed by atoms with Gasteiger partial charge in [-0.3, -0.25) is 9.48 Å². The van der Waals surface area contributed by atoms with Crippen molar-refractivity contribution in [3.8, 4) is 0 Å². The summed E-state index contributed by atoms with van der Waals surface area (Å²) >= 11 is 0. The van der Waals surface area contributed by atoms with Crippen molar-refractivity contribution >= 4 is 5.91 Å². The summed E-state index contributed by atoms with van der Waals surface area (Å²) in [5, 5.41) is 7.60. The van der Waals surface area contributed by atoms with Crippen LogP contribution in [0.25, 0.3) is 0 Å². The van der Waals surface area contributed by atoms with Gasteiger partial charge in [-0.2, -0.15) is 0 Å². The van der Waals surface area contributed by atoms with Crippen LogP contribution < -0.4 is 5.73 Å².